The molecule has 14 heavy (non-hydrogen) atoms. The maximum Gasteiger partial charge on any atom is 0.235 e. The first-order valence-electron chi connectivity index (χ1n) is 3.28. The van der Waals surface area contributed by atoms with E-state index in [4.69, 9.17) is 45.3 Å². The van der Waals surface area contributed by atoms with E-state index in [1.807, 2.05) is 6.07 Å². The average molecular weight is 250 g/mol. The van der Waals surface area contributed by atoms with Gasteiger partial charge in [0.25, 0.3) is 0 Å². The minimum atomic E-state index is -1.81. The molecule has 1 aromatic heterocycles. The highest BCUT2D eigenvalue weighted by atomic mass is 35.6. The van der Waals surface area contributed by atoms with E-state index in [1.165, 1.54) is 0 Å². The predicted octanol–water partition coefficient (Wildman–Crippen LogP) is 1.50. The molecule has 0 aromatic carbocycles. The Balaban J connectivity index is 3.30. The Hall–Kier alpha value is -1.01. The van der Waals surface area contributed by atoms with Gasteiger partial charge in [0, 0.05) is 0 Å². The number of nitriles is 2. The van der Waals surface area contributed by atoms with Crippen LogP contribution in [0, 0.1) is 22.7 Å². The van der Waals surface area contributed by atoms with Crippen LogP contribution >= 0.6 is 34.8 Å². The van der Waals surface area contributed by atoms with Crippen molar-refractivity contribution in [3.8, 4) is 12.1 Å². The number of halogens is 3. The van der Waals surface area contributed by atoms with E-state index in [0.717, 1.165) is 4.68 Å². The number of nitrogens with zero attached hydrogens (tertiary/aromatic N) is 5. The van der Waals surface area contributed by atoms with Crippen molar-refractivity contribution in [1.29, 1.82) is 10.5 Å². The van der Waals surface area contributed by atoms with Gasteiger partial charge in [-0.2, -0.15) is 10.5 Å². The molecule has 8 heteroatoms. The molecule has 1 rings (SSSR count). The molecule has 0 aliphatic heterocycles. The highest BCUT2D eigenvalue weighted by molar-refractivity contribution is 6.66. The van der Waals surface area contributed by atoms with E-state index in [2.05, 4.69) is 10.3 Å². The molecular weight excluding hydrogens is 248 g/mol. The first-order valence-corrected chi connectivity index (χ1v) is 4.42. The third kappa shape index (κ3) is 2.08. The fourth-order valence-electron chi connectivity index (χ4n) is 0.847. The van der Waals surface area contributed by atoms with Gasteiger partial charge in [-0.05, 0) is 0 Å². The van der Waals surface area contributed by atoms with Crippen LogP contribution in [0.5, 0.6) is 0 Å². The third-order valence-electron chi connectivity index (χ3n) is 1.33. The van der Waals surface area contributed by atoms with E-state index in [1.54, 1.807) is 6.07 Å². The summed E-state index contributed by atoms with van der Waals surface area (Å²) in [6, 6.07) is 3.53. The van der Waals surface area contributed by atoms with Gasteiger partial charge < -0.3 is 0 Å². The Kier molecular flexibility index (Phi) is 3.17. The number of hydrogen-bond donors (Lipinski definition) is 0. The standard InChI is InChI=1S/C6H2Cl3N5/c7-6(8,9)5-4(3-11)12-13-14(5)2-1-10/h2H2. The molecule has 0 N–H and O–H groups in total. The summed E-state index contributed by atoms with van der Waals surface area (Å²) in [5.41, 5.74) is -0.0909. The van der Waals surface area contributed by atoms with Gasteiger partial charge in [0.1, 0.15) is 18.3 Å². The molecule has 5 nitrogen and oxygen atoms in total. The summed E-state index contributed by atoms with van der Waals surface area (Å²) in [6.07, 6.45) is 0. The Bertz CT molecular complexity index is 418. The second-order valence-corrected chi connectivity index (χ2v) is 4.49. The summed E-state index contributed by atoms with van der Waals surface area (Å²) in [4.78, 5) is 0. The summed E-state index contributed by atoms with van der Waals surface area (Å²) in [7, 11) is 0. The molecule has 0 radical (unpaired) electrons. The number of aromatic nitrogens is 3. The van der Waals surface area contributed by atoms with Gasteiger partial charge >= 0.3 is 0 Å². The van der Waals surface area contributed by atoms with Crippen molar-refractivity contribution in [1.82, 2.24) is 15.0 Å². The maximum absolute atomic E-state index is 8.64. The second kappa shape index (κ2) is 4.02. The van der Waals surface area contributed by atoms with Crippen LogP contribution in [-0.2, 0) is 10.3 Å². The Labute approximate surface area is 94.4 Å². The molecule has 0 spiro atoms. The van der Waals surface area contributed by atoms with E-state index >= 15 is 0 Å². The van der Waals surface area contributed by atoms with E-state index in [-0.39, 0.29) is 17.9 Å². The zero-order valence-corrected chi connectivity index (χ0v) is 8.84. The average Bonchev–Trinajstić information content (AvgIpc) is 2.47. The normalized spacial score (nSPS) is 10.6. The maximum atomic E-state index is 8.64. The molecule has 1 heterocycles. The predicted molar refractivity (Wildman–Crippen MR) is 49.6 cm³/mol. The quantitative estimate of drug-likeness (QED) is 0.708. The molecule has 0 unspecified atom stereocenters. The van der Waals surface area contributed by atoms with Crippen LogP contribution < -0.4 is 0 Å². The van der Waals surface area contributed by atoms with Gasteiger partial charge in [0.15, 0.2) is 5.69 Å². The Morgan fingerprint density at radius 2 is 2.00 bits per heavy atom. The summed E-state index contributed by atoms with van der Waals surface area (Å²) in [5.74, 6) is 0. The van der Waals surface area contributed by atoms with Crippen LogP contribution in [0.1, 0.15) is 11.4 Å². The topological polar surface area (TPSA) is 78.3 Å². The highest BCUT2D eigenvalue weighted by Gasteiger charge is 2.32. The largest absolute Gasteiger partial charge is 0.235 e. The van der Waals surface area contributed by atoms with Crippen LogP contribution in [0.3, 0.4) is 0 Å². The second-order valence-electron chi connectivity index (χ2n) is 2.21. The van der Waals surface area contributed by atoms with Crippen molar-refractivity contribution < 1.29 is 0 Å². The van der Waals surface area contributed by atoms with E-state index in [9.17, 15) is 0 Å². The zero-order valence-electron chi connectivity index (χ0n) is 6.58. The molecule has 0 aliphatic rings. The van der Waals surface area contributed by atoms with Crippen LogP contribution in [0.4, 0.5) is 0 Å². The minimum Gasteiger partial charge on any atom is -0.229 e. The molecule has 0 saturated heterocycles. The van der Waals surface area contributed by atoms with Crippen LogP contribution in [0.2, 0.25) is 0 Å². The van der Waals surface area contributed by atoms with E-state index < -0.39 is 3.79 Å². The van der Waals surface area contributed by atoms with Crippen LogP contribution in [-0.4, -0.2) is 15.0 Å². The van der Waals surface area contributed by atoms with Crippen LogP contribution in [0.15, 0.2) is 0 Å². The number of rotatable bonds is 1. The summed E-state index contributed by atoms with van der Waals surface area (Å²) in [5, 5.41) is 24.1. The first kappa shape index (κ1) is 11.1. The molecule has 0 aliphatic carbocycles. The third-order valence-corrected chi connectivity index (χ3v) is 1.87. The molecule has 0 saturated carbocycles. The van der Waals surface area contributed by atoms with Gasteiger partial charge in [0.05, 0.1) is 6.07 Å². The van der Waals surface area contributed by atoms with Gasteiger partial charge in [-0.3, -0.25) is 0 Å². The lowest BCUT2D eigenvalue weighted by Gasteiger charge is -2.10. The fourth-order valence-corrected chi connectivity index (χ4v) is 1.41. The van der Waals surface area contributed by atoms with E-state index in [0.29, 0.717) is 0 Å². The zero-order chi connectivity index (χ0) is 10.8. The molecule has 0 atom stereocenters. The van der Waals surface area contributed by atoms with Gasteiger partial charge in [0.2, 0.25) is 3.79 Å². The first-order chi connectivity index (χ1) is 6.50. The lowest BCUT2D eigenvalue weighted by atomic mass is 10.3. The van der Waals surface area contributed by atoms with Crippen molar-refractivity contribution in [3.63, 3.8) is 0 Å². The van der Waals surface area contributed by atoms with Gasteiger partial charge in [-0.1, -0.05) is 40.0 Å². The lowest BCUT2D eigenvalue weighted by molar-refractivity contribution is 0.641. The molecular formula is C6H2Cl3N5. The highest BCUT2D eigenvalue weighted by Crippen LogP contribution is 2.39. The monoisotopic (exact) mass is 249 g/mol. The van der Waals surface area contributed by atoms with Crippen molar-refractivity contribution in [3.05, 3.63) is 11.4 Å². The Morgan fingerprint density at radius 1 is 1.36 bits per heavy atom. The fraction of sp³-hybridized carbons (Fsp3) is 0.333. The molecule has 0 fully saturated rings. The van der Waals surface area contributed by atoms with Gasteiger partial charge in [-0.15, -0.1) is 5.10 Å². The number of hydrogen-bond acceptors (Lipinski definition) is 4. The van der Waals surface area contributed by atoms with Crippen LogP contribution in [0.25, 0.3) is 0 Å². The molecule has 0 bridgehead atoms. The van der Waals surface area contributed by atoms with Crippen molar-refractivity contribution >= 4 is 34.8 Å². The van der Waals surface area contributed by atoms with Crippen molar-refractivity contribution in [2.75, 3.05) is 0 Å². The van der Waals surface area contributed by atoms with Crippen molar-refractivity contribution in [2.24, 2.45) is 0 Å². The lowest BCUT2D eigenvalue weighted by Crippen LogP contribution is -2.12. The molecule has 1 aromatic rings. The minimum absolute atomic E-state index is 0.00606. The summed E-state index contributed by atoms with van der Waals surface area (Å²) < 4.78 is -0.739. The smallest absolute Gasteiger partial charge is 0.229 e. The summed E-state index contributed by atoms with van der Waals surface area (Å²) >= 11 is 16.8. The van der Waals surface area contributed by atoms with Crippen molar-refractivity contribution in [2.45, 2.75) is 10.3 Å². The van der Waals surface area contributed by atoms with Gasteiger partial charge in [-0.25, -0.2) is 4.68 Å². The molecule has 72 valence electrons. The summed E-state index contributed by atoms with van der Waals surface area (Å²) in [6.45, 7) is -0.127. The number of alkyl halides is 3. The molecule has 0 amide bonds. The SMILES string of the molecule is N#CCn1nnc(C#N)c1C(Cl)(Cl)Cl. The Morgan fingerprint density at radius 3 is 2.43 bits per heavy atom.